The Labute approximate surface area is 81.7 Å². The van der Waals surface area contributed by atoms with Crippen LogP contribution in [0.2, 0.25) is 0 Å². The summed E-state index contributed by atoms with van der Waals surface area (Å²) >= 11 is 0. The lowest BCUT2D eigenvalue weighted by Gasteiger charge is -2.23. The summed E-state index contributed by atoms with van der Waals surface area (Å²) < 4.78 is 18.4. The molecule has 0 saturated heterocycles. The van der Waals surface area contributed by atoms with E-state index in [0.29, 0.717) is 18.8 Å². The van der Waals surface area contributed by atoms with Crippen molar-refractivity contribution in [3.8, 4) is 5.75 Å². The van der Waals surface area contributed by atoms with E-state index < -0.39 is 0 Å². The van der Waals surface area contributed by atoms with Crippen LogP contribution in [0.5, 0.6) is 5.75 Å². The van der Waals surface area contributed by atoms with Crippen LogP contribution in [-0.4, -0.2) is 12.4 Å². The highest BCUT2D eigenvalue weighted by Crippen LogP contribution is 2.29. The fourth-order valence-corrected chi connectivity index (χ4v) is 1.65. The van der Waals surface area contributed by atoms with Gasteiger partial charge in [0.2, 0.25) is 0 Å². The Kier molecular flexibility index (Phi) is 2.23. The number of fused-ring (bicyclic) bond motifs is 1. The number of halogens is 1. The summed E-state index contributed by atoms with van der Waals surface area (Å²) in [6.07, 6.45) is 0.586. The maximum atomic E-state index is 13.2. The number of para-hydroxylation sites is 1. The summed E-state index contributed by atoms with van der Waals surface area (Å²) in [5.74, 6) is -0.0567. The topological polar surface area (TPSA) is 26.3 Å². The van der Waals surface area contributed by atoms with Crippen molar-refractivity contribution in [1.29, 1.82) is 0 Å². The van der Waals surface area contributed by atoms with Crippen LogP contribution >= 0.6 is 0 Å². The largest absolute Gasteiger partial charge is 0.489 e. The van der Waals surface area contributed by atoms with Crippen molar-refractivity contribution in [2.75, 3.05) is 6.61 Å². The van der Waals surface area contributed by atoms with Gasteiger partial charge in [-0.1, -0.05) is 12.1 Å². The van der Waals surface area contributed by atoms with Crippen LogP contribution in [0.4, 0.5) is 4.39 Å². The van der Waals surface area contributed by atoms with Crippen LogP contribution < -0.4 is 4.74 Å². The zero-order valence-electron chi connectivity index (χ0n) is 7.92. The van der Waals surface area contributed by atoms with E-state index in [1.165, 1.54) is 13.0 Å². The molecule has 0 bridgehead atoms. The molecule has 74 valence electrons. The van der Waals surface area contributed by atoms with Gasteiger partial charge in [0.05, 0.1) is 12.5 Å². The molecule has 0 fully saturated rings. The molecule has 1 aliphatic rings. The van der Waals surface area contributed by atoms with Crippen LogP contribution in [0.1, 0.15) is 12.5 Å². The highest BCUT2D eigenvalue weighted by molar-refractivity contribution is 5.79. The van der Waals surface area contributed by atoms with Crippen LogP contribution in [-0.2, 0) is 11.2 Å². The van der Waals surface area contributed by atoms with E-state index in [1.807, 2.05) is 0 Å². The lowest BCUT2D eigenvalue weighted by atomic mass is 9.94. The monoisotopic (exact) mass is 194 g/mol. The fraction of sp³-hybridized carbons (Fsp3) is 0.364. The number of hydrogen-bond donors (Lipinski definition) is 0. The number of carbonyl (C=O) groups is 1. The maximum absolute atomic E-state index is 13.2. The molecule has 2 rings (SSSR count). The van der Waals surface area contributed by atoms with Crippen LogP contribution in [0.3, 0.4) is 0 Å². The molecule has 1 aromatic rings. The van der Waals surface area contributed by atoms with Crippen molar-refractivity contribution >= 4 is 5.78 Å². The molecule has 2 nitrogen and oxygen atoms in total. The Morgan fingerprint density at radius 1 is 1.57 bits per heavy atom. The van der Waals surface area contributed by atoms with Crippen molar-refractivity contribution in [3.63, 3.8) is 0 Å². The Morgan fingerprint density at radius 2 is 2.36 bits per heavy atom. The Morgan fingerprint density at radius 3 is 3.07 bits per heavy atom. The average molecular weight is 194 g/mol. The van der Waals surface area contributed by atoms with Gasteiger partial charge in [-0.3, -0.25) is 4.79 Å². The van der Waals surface area contributed by atoms with Gasteiger partial charge in [0.25, 0.3) is 0 Å². The highest BCUT2D eigenvalue weighted by atomic mass is 19.1. The lowest BCUT2D eigenvalue weighted by molar-refractivity contribution is -0.121. The zero-order chi connectivity index (χ0) is 10.1. The smallest absolute Gasteiger partial charge is 0.165 e. The molecule has 0 amide bonds. The van der Waals surface area contributed by atoms with Crippen molar-refractivity contribution in [3.05, 3.63) is 29.6 Å². The summed E-state index contributed by atoms with van der Waals surface area (Å²) in [5, 5.41) is 0. The highest BCUT2D eigenvalue weighted by Gasteiger charge is 2.24. The van der Waals surface area contributed by atoms with E-state index in [2.05, 4.69) is 0 Å². The molecule has 14 heavy (non-hydrogen) atoms. The van der Waals surface area contributed by atoms with Gasteiger partial charge in [-0.05, 0) is 25.0 Å². The molecule has 3 heteroatoms. The first-order chi connectivity index (χ1) is 6.68. The predicted octanol–water partition coefficient (Wildman–Crippen LogP) is 1.97. The normalized spacial score (nSPS) is 19.7. The maximum Gasteiger partial charge on any atom is 0.165 e. The number of carbonyl (C=O) groups excluding carboxylic acids is 1. The minimum absolute atomic E-state index is 0.0971. The minimum Gasteiger partial charge on any atom is -0.489 e. The van der Waals surface area contributed by atoms with Crippen LogP contribution in [0.15, 0.2) is 18.2 Å². The van der Waals surface area contributed by atoms with E-state index in [1.54, 1.807) is 12.1 Å². The zero-order valence-corrected chi connectivity index (χ0v) is 7.92. The summed E-state index contributed by atoms with van der Waals surface area (Å²) in [4.78, 5) is 11.1. The fourth-order valence-electron chi connectivity index (χ4n) is 1.65. The van der Waals surface area contributed by atoms with Crippen molar-refractivity contribution < 1.29 is 13.9 Å². The molecule has 1 aromatic carbocycles. The summed E-state index contributed by atoms with van der Waals surface area (Å²) in [5.41, 5.74) is 0.788. The van der Waals surface area contributed by atoms with E-state index in [4.69, 9.17) is 4.74 Å². The quantitative estimate of drug-likeness (QED) is 0.683. The number of hydrogen-bond acceptors (Lipinski definition) is 2. The van der Waals surface area contributed by atoms with Crippen molar-refractivity contribution in [2.45, 2.75) is 13.3 Å². The van der Waals surface area contributed by atoms with Gasteiger partial charge < -0.3 is 4.74 Å². The molecule has 0 spiro atoms. The molecular weight excluding hydrogens is 183 g/mol. The molecule has 0 saturated carbocycles. The minimum atomic E-state index is -0.343. The molecular formula is C11H11FO2. The van der Waals surface area contributed by atoms with Crippen LogP contribution in [0.25, 0.3) is 0 Å². The van der Waals surface area contributed by atoms with Crippen molar-refractivity contribution in [1.82, 2.24) is 0 Å². The van der Waals surface area contributed by atoms with Gasteiger partial charge in [0, 0.05) is 0 Å². The summed E-state index contributed by atoms with van der Waals surface area (Å²) in [6, 6.07) is 4.81. The molecule has 0 N–H and O–H groups in total. The second-order valence-electron chi connectivity index (χ2n) is 3.55. The summed E-state index contributed by atoms with van der Waals surface area (Å²) in [6.45, 7) is 1.83. The molecule has 1 heterocycles. The average Bonchev–Trinajstić information content (AvgIpc) is 2.17. The molecule has 1 unspecified atom stereocenters. The lowest BCUT2D eigenvalue weighted by Crippen LogP contribution is -2.26. The number of ketones is 1. The van der Waals surface area contributed by atoms with Crippen molar-refractivity contribution in [2.24, 2.45) is 5.92 Å². The van der Waals surface area contributed by atoms with Crippen LogP contribution in [0, 0.1) is 11.7 Å². The third-order valence-electron chi connectivity index (χ3n) is 2.52. The Bertz CT molecular complexity index is 374. The second-order valence-corrected chi connectivity index (χ2v) is 3.55. The summed E-state index contributed by atoms with van der Waals surface area (Å²) in [7, 11) is 0. The van der Waals surface area contributed by atoms with E-state index in [0.717, 1.165) is 5.56 Å². The Balaban J connectivity index is 2.31. The van der Waals surface area contributed by atoms with E-state index in [9.17, 15) is 9.18 Å². The van der Waals surface area contributed by atoms with E-state index >= 15 is 0 Å². The first-order valence-electron chi connectivity index (χ1n) is 4.59. The van der Waals surface area contributed by atoms with Gasteiger partial charge in [0.1, 0.15) is 5.78 Å². The van der Waals surface area contributed by atoms with E-state index in [-0.39, 0.29) is 17.5 Å². The third-order valence-corrected chi connectivity index (χ3v) is 2.52. The molecule has 1 aliphatic heterocycles. The number of ether oxygens (including phenoxy) is 1. The number of Topliss-reactive ketones (excluding diaryl/α,β-unsaturated/α-hetero) is 1. The van der Waals surface area contributed by atoms with Gasteiger partial charge in [-0.15, -0.1) is 0 Å². The first kappa shape index (κ1) is 9.19. The molecule has 0 aromatic heterocycles. The molecule has 1 atom stereocenters. The van der Waals surface area contributed by atoms with Gasteiger partial charge in [-0.2, -0.15) is 0 Å². The predicted molar refractivity (Wildman–Crippen MR) is 49.8 cm³/mol. The Hall–Kier alpha value is -1.38. The SMILES string of the molecule is CC(=O)C1COc2c(F)cccc2C1. The molecule has 0 radical (unpaired) electrons. The molecule has 0 aliphatic carbocycles. The number of rotatable bonds is 1. The van der Waals surface area contributed by atoms with Gasteiger partial charge >= 0.3 is 0 Å². The van der Waals surface area contributed by atoms with Gasteiger partial charge in [-0.25, -0.2) is 4.39 Å². The first-order valence-corrected chi connectivity index (χ1v) is 4.59. The second kappa shape index (κ2) is 3.40. The van der Waals surface area contributed by atoms with Gasteiger partial charge in [0.15, 0.2) is 11.6 Å². The third kappa shape index (κ3) is 1.50. The number of benzene rings is 1. The standard InChI is InChI=1S/C11H11FO2/c1-7(13)9-5-8-3-2-4-10(12)11(8)14-6-9/h2-4,9H,5-6H2,1H3.